The number of carbonyl (C=O) groups excluding carboxylic acids is 2. The normalized spacial score (nSPS) is 21.6. The lowest BCUT2D eigenvalue weighted by atomic mass is 9.87. The second kappa shape index (κ2) is 9.84. The highest BCUT2D eigenvalue weighted by molar-refractivity contribution is 7.89. The molecule has 0 aromatic heterocycles. The summed E-state index contributed by atoms with van der Waals surface area (Å²) in [4.78, 5) is 27.9. The van der Waals surface area contributed by atoms with Gasteiger partial charge in [-0.25, -0.2) is 21.9 Å². The fraction of sp³-hybridized carbons (Fsp3) is 0.391. The maximum absolute atomic E-state index is 13.7. The predicted molar refractivity (Wildman–Crippen MR) is 125 cm³/mol. The van der Waals surface area contributed by atoms with Crippen LogP contribution in [0.2, 0.25) is 5.02 Å². The van der Waals surface area contributed by atoms with Gasteiger partial charge in [0.2, 0.25) is 21.8 Å². The molecule has 0 bridgehead atoms. The van der Waals surface area contributed by atoms with Crippen molar-refractivity contribution in [1.82, 2.24) is 10.0 Å². The van der Waals surface area contributed by atoms with Crippen molar-refractivity contribution in [2.75, 3.05) is 10.7 Å². The summed E-state index contributed by atoms with van der Waals surface area (Å²) in [6.07, 6.45) is -6.27. The van der Waals surface area contributed by atoms with E-state index in [-0.39, 0.29) is 22.7 Å². The van der Waals surface area contributed by atoms with Crippen LogP contribution in [0.4, 0.5) is 27.6 Å². The number of amides is 2. The molecule has 2 aliphatic rings. The molecule has 1 saturated heterocycles. The van der Waals surface area contributed by atoms with Gasteiger partial charge in [-0.2, -0.15) is 13.2 Å². The van der Waals surface area contributed by atoms with E-state index in [2.05, 4.69) is 10.0 Å². The van der Waals surface area contributed by atoms with Crippen molar-refractivity contribution in [3.8, 4) is 0 Å². The number of halogens is 6. The van der Waals surface area contributed by atoms with E-state index in [1.54, 1.807) is 0 Å². The van der Waals surface area contributed by atoms with E-state index in [4.69, 9.17) is 11.6 Å². The van der Waals surface area contributed by atoms with E-state index < -0.39 is 76.2 Å². The van der Waals surface area contributed by atoms with Gasteiger partial charge < -0.3 is 5.32 Å². The average Bonchev–Trinajstić information content (AvgIpc) is 3.15. The molecular weight excluding hydrogens is 545 g/mol. The molecule has 7 nitrogen and oxygen atoms in total. The minimum absolute atomic E-state index is 0.0133. The third-order valence-electron chi connectivity index (χ3n) is 6.13. The van der Waals surface area contributed by atoms with Gasteiger partial charge in [0, 0.05) is 35.2 Å². The SMILES string of the molecule is O=C(NC1CC(F)(F)C1)C(c1ccccc1Cl)N(C(=O)[C@@H]1CCS(=O)(=O)N1)c1cccc(C(F)(F)F)c1. The Kier molecular flexibility index (Phi) is 7.25. The number of nitrogens with zero attached hydrogens (tertiary/aromatic N) is 1. The van der Waals surface area contributed by atoms with Crippen LogP contribution in [-0.2, 0) is 25.8 Å². The largest absolute Gasteiger partial charge is 0.416 e. The molecule has 1 heterocycles. The highest BCUT2D eigenvalue weighted by Crippen LogP contribution is 2.40. The van der Waals surface area contributed by atoms with E-state index >= 15 is 0 Å². The zero-order valence-corrected chi connectivity index (χ0v) is 20.5. The summed E-state index contributed by atoms with van der Waals surface area (Å²) in [5.41, 5.74) is -1.46. The van der Waals surface area contributed by atoms with E-state index in [1.807, 2.05) is 0 Å². The van der Waals surface area contributed by atoms with Crippen LogP contribution in [-0.4, -0.2) is 44.0 Å². The summed E-state index contributed by atoms with van der Waals surface area (Å²) >= 11 is 6.31. The lowest BCUT2D eigenvalue weighted by Crippen LogP contribution is -2.55. The van der Waals surface area contributed by atoms with Gasteiger partial charge in [-0.15, -0.1) is 0 Å². The first-order valence-corrected chi connectivity index (χ1v) is 13.1. The van der Waals surface area contributed by atoms with E-state index in [0.29, 0.717) is 6.07 Å². The minimum Gasteiger partial charge on any atom is -0.351 e. The fourth-order valence-corrected chi connectivity index (χ4v) is 5.88. The van der Waals surface area contributed by atoms with Crippen LogP contribution in [0.15, 0.2) is 48.5 Å². The molecule has 2 amide bonds. The van der Waals surface area contributed by atoms with Crippen LogP contribution in [0, 0.1) is 0 Å². The third-order valence-corrected chi connectivity index (χ3v) is 7.89. The fourth-order valence-electron chi connectivity index (χ4n) is 4.32. The molecule has 2 aromatic rings. The lowest BCUT2D eigenvalue weighted by molar-refractivity contribution is -0.137. The number of sulfonamides is 1. The van der Waals surface area contributed by atoms with Gasteiger partial charge in [0.1, 0.15) is 12.1 Å². The minimum atomic E-state index is -4.79. The Morgan fingerprint density at radius 2 is 1.78 bits per heavy atom. The molecule has 14 heteroatoms. The Bertz CT molecular complexity index is 1310. The molecule has 4 rings (SSSR count). The summed E-state index contributed by atoms with van der Waals surface area (Å²) in [5.74, 6) is -5.34. The summed E-state index contributed by atoms with van der Waals surface area (Å²) in [6.45, 7) is 0. The number of rotatable bonds is 6. The molecule has 1 unspecified atom stereocenters. The summed E-state index contributed by atoms with van der Waals surface area (Å²) in [6, 6.07) is 5.38. The molecule has 200 valence electrons. The second-order valence-corrected chi connectivity index (χ2v) is 11.2. The van der Waals surface area contributed by atoms with Crippen LogP contribution < -0.4 is 14.9 Å². The number of carbonyl (C=O) groups is 2. The first kappa shape index (κ1) is 27.3. The molecule has 0 radical (unpaired) electrons. The first-order chi connectivity index (χ1) is 17.2. The summed E-state index contributed by atoms with van der Waals surface area (Å²) < 4.78 is 93.4. The smallest absolute Gasteiger partial charge is 0.351 e. The number of benzene rings is 2. The molecule has 1 saturated carbocycles. The van der Waals surface area contributed by atoms with Crippen LogP contribution >= 0.6 is 11.6 Å². The van der Waals surface area contributed by atoms with Crippen LogP contribution in [0.1, 0.15) is 36.4 Å². The van der Waals surface area contributed by atoms with Crippen molar-refractivity contribution in [1.29, 1.82) is 0 Å². The van der Waals surface area contributed by atoms with Crippen LogP contribution in [0.25, 0.3) is 0 Å². The molecule has 37 heavy (non-hydrogen) atoms. The van der Waals surface area contributed by atoms with Gasteiger partial charge in [-0.1, -0.05) is 35.9 Å². The van der Waals surface area contributed by atoms with Gasteiger partial charge >= 0.3 is 6.18 Å². The highest BCUT2D eigenvalue weighted by Gasteiger charge is 2.48. The number of anilines is 1. The number of alkyl halides is 5. The number of hydrogen-bond donors (Lipinski definition) is 2. The zero-order chi connectivity index (χ0) is 27.2. The maximum Gasteiger partial charge on any atom is 0.416 e. The molecule has 2 fully saturated rings. The highest BCUT2D eigenvalue weighted by atomic mass is 35.5. The standard InChI is InChI=1S/C23H21ClF5N3O4S/c24-17-7-2-1-6-16(17)19(20(33)30-14-11-22(25,26)12-14)32(21(34)18-8-9-37(35,36)31-18)15-5-3-4-13(10-15)23(27,28)29/h1-7,10,14,18-19,31H,8-9,11-12H2,(H,30,33)/t18-,19?/m0/s1. The second-order valence-electron chi connectivity index (χ2n) is 8.93. The van der Waals surface area contributed by atoms with Gasteiger partial charge in [0.15, 0.2) is 0 Å². The molecule has 0 spiro atoms. The maximum atomic E-state index is 13.7. The Labute approximate surface area is 214 Å². The van der Waals surface area contributed by atoms with Gasteiger partial charge in [0.25, 0.3) is 5.92 Å². The van der Waals surface area contributed by atoms with Gasteiger partial charge in [0.05, 0.1) is 11.3 Å². The zero-order valence-electron chi connectivity index (χ0n) is 18.9. The van der Waals surface area contributed by atoms with Crippen LogP contribution in [0.3, 0.4) is 0 Å². The van der Waals surface area contributed by atoms with Crippen molar-refractivity contribution < 1.29 is 40.0 Å². The van der Waals surface area contributed by atoms with Crippen LogP contribution in [0.5, 0.6) is 0 Å². The molecule has 2 N–H and O–H groups in total. The number of nitrogens with one attached hydrogen (secondary N) is 2. The van der Waals surface area contributed by atoms with Crippen molar-refractivity contribution in [2.24, 2.45) is 0 Å². The Morgan fingerprint density at radius 3 is 2.35 bits per heavy atom. The monoisotopic (exact) mass is 565 g/mol. The molecule has 1 aliphatic carbocycles. The molecule has 1 aliphatic heterocycles. The third kappa shape index (κ3) is 6.04. The Morgan fingerprint density at radius 1 is 1.11 bits per heavy atom. The molecule has 2 atom stereocenters. The van der Waals surface area contributed by atoms with Crippen molar-refractivity contribution in [3.05, 3.63) is 64.7 Å². The van der Waals surface area contributed by atoms with Crippen molar-refractivity contribution in [2.45, 2.75) is 49.5 Å². The van der Waals surface area contributed by atoms with Gasteiger partial charge in [-0.05, 0) is 30.7 Å². The lowest BCUT2D eigenvalue weighted by Gasteiger charge is -2.38. The van der Waals surface area contributed by atoms with E-state index in [1.165, 1.54) is 24.3 Å². The molecular formula is C23H21ClF5N3O4S. The predicted octanol–water partition coefficient (Wildman–Crippen LogP) is 4.04. The van der Waals surface area contributed by atoms with Gasteiger partial charge in [-0.3, -0.25) is 14.5 Å². The Hall–Kier alpha value is -2.77. The van der Waals surface area contributed by atoms with Crippen molar-refractivity contribution >= 4 is 39.1 Å². The Balaban J connectivity index is 1.83. The topological polar surface area (TPSA) is 95.6 Å². The van der Waals surface area contributed by atoms with Crippen molar-refractivity contribution in [3.63, 3.8) is 0 Å². The molecule has 2 aromatic carbocycles. The van der Waals surface area contributed by atoms with E-state index in [9.17, 15) is 40.0 Å². The summed E-state index contributed by atoms with van der Waals surface area (Å²) in [5, 5.41) is 2.41. The quantitative estimate of drug-likeness (QED) is 0.517. The number of hydrogen-bond acceptors (Lipinski definition) is 4. The summed E-state index contributed by atoms with van der Waals surface area (Å²) in [7, 11) is -3.82. The first-order valence-electron chi connectivity index (χ1n) is 11.1. The van der Waals surface area contributed by atoms with E-state index in [0.717, 1.165) is 23.1 Å². The average molecular weight is 566 g/mol.